The number of amides is 1. The van der Waals surface area contributed by atoms with E-state index in [2.05, 4.69) is 10.6 Å². The molecule has 2 atom stereocenters. The fraction of sp³-hybridized carbons (Fsp3) is 0.500. The Bertz CT molecular complexity index is 360. The Balaban J connectivity index is 0.00000324. The lowest BCUT2D eigenvalue weighted by atomic mass is 10.1. The van der Waals surface area contributed by atoms with Crippen LogP contribution in [0.5, 0.6) is 5.75 Å². The minimum atomic E-state index is -0.0434. The molecule has 0 heterocycles. The number of rotatable bonds is 7. The zero-order valence-electron chi connectivity index (χ0n) is 11.7. The molecule has 0 radical (unpaired) electrons. The summed E-state index contributed by atoms with van der Waals surface area (Å²) in [6, 6.07) is 9.61. The van der Waals surface area contributed by atoms with Gasteiger partial charge in [0.2, 0.25) is 5.91 Å². The van der Waals surface area contributed by atoms with E-state index in [4.69, 9.17) is 4.74 Å². The Morgan fingerprint density at radius 3 is 2.42 bits per heavy atom. The van der Waals surface area contributed by atoms with Crippen molar-refractivity contribution in [2.75, 3.05) is 20.1 Å². The van der Waals surface area contributed by atoms with Gasteiger partial charge in [0.25, 0.3) is 0 Å². The molecule has 5 heteroatoms. The van der Waals surface area contributed by atoms with Gasteiger partial charge in [-0.05, 0) is 26.1 Å². The highest BCUT2D eigenvalue weighted by atomic mass is 35.5. The number of hydrogen-bond donors (Lipinski definition) is 2. The van der Waals surface area contributed by atoms with Gasteiger partial charge in [0.1, 0.15) is 11.9 Å². The molecule has 0 aromatic heterocycles. The predicted octanol–water partition coefficient (Wildman–Crippen LogP) is 1.85. The maximum atomic E-state index is 11.7. The van der Waals surface area contributed by atoms with Crippen molar-refractivity contribution in [3.8, 4) is 5.75 Å². The second-order valence-electron chi connectivity index (χ2n) is 4.45. The molecule has 1 amide bonds. The van der Waals surface area contributed by atoms with Crippen LogP contribution in [0.1, 0.15) is 13.8 Å². The molecule has 0 spiro atoms. The number of carbonyl (C=O) groups is 1. The van der Waals surface area contributed by atoms with Crippen LogP contribution >= 0.6 is 12.4 Å². The molecule has 2 unspecified atom stereocenters. The van der Waals surface area contributed by atoms with E-state index in [1.54, 1.807) is 0 Å². The maximum absolute atomic E-state index is 11.7. The normalized spacial score (nSPS) is 13.0. The number of carbonyl (C=O) groups excluding carboxylic acids is 1. The molecule has 0 aliphatic rings. The summed E-state index contributed by atoms with van der Waals surface area (Å²) in [5, 5.41) is 5.87. The Labute approximate surface area is 121 Å². The summed E-state index contributed by atoms with van der Waals surface area (Å²) < 4.78 is 5.67. The third-order valence-electron chi connectivity index (χ3n) is 2.60. The molecule has 1 rings (SSSR count). The summed E-state index contributed by atoms with van der Waals surface area (Å²) in [7, 11) is 1.84. The van der Waals surface area contributed by atoms with Crippen molar-refractivity contribution >= 4 is 18.3 Å². The molecule has 0 bridgehead atoms. The fourth-order valence-electron chi connectivity index (χ4n) is 1.59. The van der Waals surface area contributed by atoms with Crippen molar-refractivity contribution < 1.29 is 9.53 Å². The second-order valence-corrected chi connectivity index (χ2v) is 4.45. The predicted molar refractivity (Wildman–Crippen MR) is 79.9 cm³/mol. The number of benzene rings is 1. The van der Waals surface area contributed by atoms with Crippen LogP contribution in [0.2, 0.25) is 0 Å². The second kappa shape index (κ2) is 9.64. The molecular formula is C14H23ClN2O2. The Morgan fingerprint density at radius 2 is 1.84 bits per heavy atom. The molecule has 0 fully saturated rings. The zero-order chi connectivity index (χ0) is 13.4. The highest BCUT2D eigenvalue weighted by molar-refractivity contribution is 5.85. The molecule has 19 heavy (non-hydrogen) atoms. The molecular weight excluding hydrogens is 264 g/mol. The molecule has 2 N–H and O–H groups in total. The fourth-order valence-corrected chi connectivity index (χ4v) is 1.59. The number of para-hydroxylation sites is 1. The quantitative estimate of drug-likeness (QED) is 0.804. The van der Waals surface area contributed by atoms with Gasteiger partial charge >= 0.3 is 0 Å². The Hall–Kier alpha value is -1.26. The van der Waals surface area contributed by atoms with Crippen LogP contribution in [0.15, 0.2) is 30.3 Å². The number of ether oxygens (including phenoxy) is 1. The molecule has 0 aliphatic heterocycles. The minimum Gasteiger partial charge on any atom is -0.489 e. The van der Waals surface area contributed by atoms with Gasteiger partial charge in [-0.15, -0.1) is 12.4 Å². The summed E-state index contributed by atoms with van der Waals surface area (Å²) in [6.07, 6.45) is -0.0434. The number of hydrogen-bond acceptors (Lipinski definition) is 3. The van der Waals surface area contributed by atoms with E-state index in [1.165, 1.54) is 0 Å². The molecule has 108 valence electrons. The van der Waals surface area contributed by atoms with E-state index in [1.807, 2.05) is 51.2 Å². The first-order chi connectivity index (χ1) is 8.63. The first-order valence-electron chi connectivity index (χ1n) is 6.27. The average molecular weight is 287 g/mol. The van der Waals surface area contributed by atoms with Crippen molar-refractivity contribution in [1.29, 1.82) is 0 Å². The zero-order valence-corrected chi connectivity index (χ0v) is 12.5. The highest BCUT2D eigenvalue weighted by Gasteiger charge is 2.12. The lowest BCUT2D eigenvalue weighted by molar-refractivity contribution is -0.124. The van der Waals surface area contributed by atoms with Crippen LogP contribution in [0, 0.1) is 5.92 Å². The van der Waals surface area contributed by atoms with Crippen LogP contribution in [0.4, 0.5) is 0 Å². The molecule has 4 nitrogen and oxygen atoms in total. The summed E-state index contributed by atoms with van der Waals surface area (Å²) in [5.41, 5.74) is 0. The van der Waals surface area contributed by atoms with Crippen LogP contribution in [0.25, 0.3) is 0 Å². The van der Waals surface area contributed by atoms with Gasteiger partial charge in [-0.1, -0.05) is 25.1 Å². The van der Waals surface area contributed by atoms with Gasteiger partial charge in [-0.3, -0.25) is 4.79 Å². The largest absolute Gasteiger partial charge is 0.489 e. The van der Waals surface area contributed by atoms with Gasteiger partial charge in [0, 0.05) is 12.5 Å². The van der Waals surface area contributed by atoms with Crippen LogP contribution in [-0.4, -0.2) is 32.1 Å². The third kappa shape index (κ3) is 7.03. The topological polar surface area (TPSA) is 50.4 Å². The van der Waals surface area contributed by atoms with Gasteiger partial charge in [0.15, 0.2) is 0 Å². The van der Waals surface area contributed by atoms with E-state index in [0.717, 1.165) is 5.75 Å². The lowest BCUT2D eigenvalue weighted by Crippen LogP contribution is -2.39. The van der Waals surface area contributed by atoms with Crippen molar-refractivity contribution in [3.63, 3.8) is 0 Å². The van der Waals surface area contributed by atoms with Crippen LogP contribution < -0.4 is 15.4 Å². The van der Waals surface area contributed by atoms with Gasteiger partial charge < -0.3 is 15.4 Å². The molecule has 0 saturated heterocycles. The van der Waals surface area contributed by atoms with Gasteiger partial charge in [-0.2, -0.15) is 0 Å². The molecule has 1 aromatic carbocycles. The summed E-state index contributed by atoms with van der Waals surface area (Å²) >= 11 is 0. The van der Waals surface area contributed by atoms with E-state index in [9.17, 15) is 4.79 Å². The van der Waals surface area contributed by atoms with E-state index < -0.39 is 0 Å². The van der Waals surface area contributed by atoms with Crippen molar-refractivity contribution in [2.45, 2.75) is 20.0 Å². The Morgan fingerprint density at radius 1 is 1.21 bits per heavy atom. The monoisotopic (exact) mass is 286 g/mol. The van der Waals surface area contributed by atoms with Gasteiger partial charge in [0.05, 0.1) is 6.54 Å². The van der Waals surface area contributed by atoms with Crippen molar-refractivity contribution in [3.05, 3.63) is 30.3 Å². The number of nitrogens with one attached hydrogen (secondary N) is 2. The number of halogens is 1. The van der Waals surface area contributed by atoms with E-state index in [0.29, 0.717) is 13.1 Å². The standard InChI is InChI=1S/C14H22N2O2.ClH/c1-11(9-15-3)14(17)16-10-12(2)18-13-7-5-4-6-8-13;/h4-8,11-12,15H,9-10H2,1-3H3,(H,16,17);1H. The molecule has 1 aromatic rings. The van der Waals surface area contributed by atoms with E-state index in [-0.39, 0.29) is 30.3 Å². The maximum Gasteiger partial charge on any atom is 0.224 e. The van der Waals surface area contributed by atoms with Crippen molar-refractivity contribution in [1.82, 2.24) is 10.6 Å². The van der Waals surface area contributed by atoms with Crippen LogP contribution in [0.3, 0.4) is 0 Å². The minimum absolute atomic E-state index is 0. The first kappa shape index (κ1) is 17.7. The smallest absolute Gasteiger partial charge is 0.224 e. The SMILES string of the molecule is CNCC(C)C(=O)NCC(C)Oc1ccccc1.Cl. The first-order valence-corrected chi connectivity index (χ1v) is 6.27. The lowest BCUT2D eigenvalue weighted by Gasteiger charge is -2.17. The molecule has 0 aliphatic carbocycles. The molecule has 0 saturated carbocycles. The average Bonchev–Trinajstić information content (AvgIpc) is 2.37. The summed E-state index contributed by atoms with van der Waals surface area (Å²) in [6.45, 7) is 5.03. The summed E-state index contributed by atoms with van der Waals surface area (Å²) in [5.74, 6) is 0.842. The Kier molecular flexibility index (Phi) is 9.00. The van der Waals surface area contributed by atoms with Crippen LogP contribution in [-0.2, 0) is 4.79 Å². The van der Waals surface area contributed by atoms with Crippen molar-refractivity contribution in [2.24, 2.45) is 5.92 Å². The van der Waals surface area contributed by atoms with Gasteiger partial charge in [-0.25, -0.2) is 0 Å². The highest BCUT2D eigenvalue weighted by Crippen LogP contribution is 2.10. The third-order valence-corrected chi connectivity index (χ3v) is 2.60. The van der Waals surface area contributed by atoms with E-state index >= 15 is 0 Å². The summed E-state index contributed by atoms with van der Waals surface area (Å²) in [4.78, 5) is 11.7.